The Balaban J connectivity index is 1.32. The largest absolute Gasteiger partial charge is 0.497 e. The minimum atomic E-state index is -3.98. The molecule has 0 radical (unpaired) electrons. The van der Waals surface area contributed by atoms with Gasteiger partial charge in [-0.05, 0) is 73.7 Å². The highest BCUT2D eigenvalue weighted by Gasteiger charge is 2.65. The minimum absolute atomic E-state index is 0.00581. The molecule has 11 nitrogen and oxygen atoms in total. The number of rotatable bonds is 6. The van der Waals surface area contributed by atoms with Gasteiger partial charge in [0.05, 0.1) is 43.5 Å². The fourth-order valence-corrected chi connectivity index (χ4v) is 9.69. The van der Waals surface area contributed by atoms with Gasteiger partial charge in [0.25, 0.3) is 5.91 Å². The molecule has 2 bridgehead atoms. The van der Waals surface area contributed by atoms with Gasteiger partial charge in [0.2, 0.25) is 5.91 Å². The average Bonchev–Trinajstić information content (AvgIpc) is 3.73. The Labute approximate surface area is 282 Å². The van der Waals surface area contributed by atoms with Crippen LogP contribution in [0.1, 0.15) is 71.8 Å². The van der Waals surface area contributed by atoms with Crippen LogP contribution in [0.4, 0.5) is 0 Å². The molecule has 2 aliphatic carbocycles. The fourth-order valence-electron chi connectivity index (χ4n) is 9.15. The molecule has 2 saturated heterocycles. The third-order valence-electron chi connectivity index (χ3n) is 11.6. The summed E-state index contributed by atoms with van der Waals surface area (Å²) in [5.74, 6) is 0.655. The maximum atomic E-state index is 15.1. The van der Waals surface area contributed by atoms with Gasteiger partial charge in [-0.15, -0.1) is 0 Å². The minimum Gasteiger partial charge on any atom is -0.497 e. The van der Waals surface area contributed by atoms with Crippen LogP contribution in [-0.2, 0) is 26.3 Å². The summed E-state index contributed by atoms with van der Waals surface area (Å²) < 4.78 is 42.4. The quantitative estimate of drug-likeness (QED) is 0.422. The molecule has 2 saturated carbocycles. The Morgan fingerprint density at radius 3 is 2.44 bits per heavy atom. The summed E-state index contributed by atoms with van der Waals surface area (Å²) in [4.78, 5) is 32.9. The lowest BCUT2D eigenvalue weighted by molar-refractivity contribution is -0.160. The third kappa shape index (κ3) is 4.97. The number of piperazine rings is 1. The van der Waals surface area contributed by atoms with E-state index in [1.54, 1.807) is 13.2 Å². The van der Waals surface area contributed by atoms with Crippen LogP contribution in [0.25, 0.3) is 22.2 Å². The summed E-state index contributed by atoms with van der Waals surface area (Å²) >= 11 is 0. The number of ether oxygens (including phenoxy) is 2. The van der Waals surface area contributed by atoms with E-state index in [-0.39, 0.29) is 29.5 Å². The van der Waals surface area contributed by atoms with Crippen LogP contribution in [0.3, 0.4) is 0 Å². The molecule has 4 unspecified atom stereocenters. The number of carbonyl (C=O) groups excluding carboxylic acids is 2. The predicted molar refractivity (Wildman–Crippen MR) is 182 cm³/mol. The number of nitrogens with zero attached hydrogens (tertiary/aromatic N) is 4. The number of morpholine rings is 1. The number of fused-ring (bicyclic) bond motifs is 9. The number of aromatic nitrogens is 1. The highest BCUT2D eigenvalue weighted by Crippen LogP contribution is 2.66. The fraction of sp³-hybridized carbons (Fsp3) is 0.556. The van der Waals surface area contributed by atoms with Crippen molar-refractivity contribution in [2.75, 3.05) is 54.6 Å². The number of nitrogens with one attached hydrogen (secondary N) is 1. The van der Waals surface area contributed by atoms with Gasteiger partial charge in [0.15, 0.2) is 0 Å². The number of likely N-dealkylation sites (N-methyl/N-ethyl adjacent to an activating group) is 1. The zero-order chi connectivity index (χ0) is 33.5. The van der Waals surface area contributed by atoms with E-state index in [9.17, 15) is 13.2 Å². The Morgan fingerprint density at radius 1 is 1.02 bits per heavy atom. The molecule has 4 heterocycles. The monoisotopic (exact) mass is 675 g/mol. The van der Waals surface area contributed by atoms with Crippen LogP contribution in [-0.4, -0.2) is 106 Å². The van der Waals surface area contributed by atoms with E-state index in [2.05, 4.69) is 38.3 Å². The summed E-state index contributed by atoms with van der Waals surface area (Å²) in [6, 6.07) is 11.9. The zero-order valence-corrected chi connectivity index (χ0v) is 29.0. The summed E-state index contributed by atoms with van der Waals surface area (Å²) in [5, 5.41) is 1.07. The highest BCUT2D eigenvalue weighted by atomic mass is 32.2. The predicted octanol–water partition coefficient (Wildman–Crippen LogP) is 3.93. The Bertz CT molecular complexity index is 1900. The Morgan fingerprint density at radius 2 is 1.75 bits per heavy atom. The summed E-state index contributed by atoms with van der Waals surface area (Å²) in [6.45, 7) is 3.13. The van der Waals surface area contributed by atoms with E-state index < -0.39 is 21.5 Å². The van der Waals surface area contributed by atoms with Crippen molar-refractivity contribution in [3.63, 3.8) is 0 Å². The van der Waals surface area contributed by atoms with Crippen molar-refractivity contribution < 1.29 is 27.5 Å². The molecule has 8 rings (SSSR count). The summed E-state index contributed by atoms with van der Waals surface area (Å²) in [5.41, 5.74) is 5.13. The lowest BCUT2D eigenvalue weighted by Crippen LogP contribution is -2.66. The van der Waals surface area contributed by atoms with Crippen molar-refractivity contribution in [1.82, 2.24) is 23.4 Å². The molecule has 4 fully saturated rings. The first kappa shape index (κ1) is 31.8. The van der Waals surface area contributed by atoms with Gasteiger partial charge in [-0.2, -0.15) is 12.7 Å². The van der Waals surface area contributed by atoms with Gasteiger partial charge in [-0.25, -0.2) is 4.72 Å². The lowest BCUT2D eigenvalue weighted by Gasteiger charge is -2.50. The molecule has 256 valence electrons. The smallest absolute Gasteiger partial charge is 0.303 e. The molecule has 2 aromatic carbocycles. The zero-order valence-electron chi connectivity index (χ0n) is 28.2. The first-order chi connectivity index (χ1) is 23.0. The molecular formula is C36H45N5O6S. The first-order valence-electron chi connectivity index (χ1n) is 17.2. The SMILES string of the molecule is COc1ccc2c(c1)C1CC1(C(=O)N1C3COCC1CN(C)C3)Cn1c-2c(C2CCCCC2)c2ccc(C(=O)NS(=O)(=O)N(C)C)cc21. The van der Waals surface area contributed by atoms with E-state index in [1.165, 1.54) is 26.1 Å². The van der Waals surface area contributed by atoms with E-state index in [4.69, 9.17) is 9.47 Å². The van der Waals surface area contributed by atoms with E-state index in [0.29, 0.717) is 25.7 Å². The summed E-state index contributed by atoms with van der Waals surface area (Å²) in [7, 11) is 2.59. The second-order valence-corrected chi connectivity index (χ2v) is 16.7. The van der Waals surface area contributed by atoms with Crippen molar-refractivity contribution in [1.29, 1.82) is 0 Å². The normalized spacial score (nSPS) is 27.2. The molecule has 48 heavy (non-hydrogen) atoms. The van der Waals surface area contributed by atoms with Gasteiger partial charge in [0, 0.05) is 61.7 Å². The molecule has 3 aliphatic heterocycles. The maximum Gasteiger partial charge on any atom is 0.303 e. The van der Waals surface area contributed by atoms with Crippen molar-refractivity contribution in [2.24, 2.45) is 5.41 Å². The molecule has 4 atom stereocenters. The van der Waals surface area contributed by atoms with Crippen LogP contribution in [0, 0.1) is 5.41 Å². The van der Waals surface area contributed by atoms with Gasteiger partial charge in [0.1, 0.15) is 5.75 Å². The second-order valence-electron chi connectivity index (χ2n) is 14.8. The molecule has 12 heteroatoms. The molecule has 0 spiro atoms. The number of methoxy groups -OCH3 is 1. The van der Waals surface area contributed by atoms with E-state index in [0.717, 1.165) is 83.0 Å². The van der Waals surface area contributed by atoms with Gasteiger partial charge in [-0.3, -0.25) is 9.59 Å². The van der Waals surface area contributed by atoms with Crippen LogP contribution in [0.15, 0.2) is 36.4 Å². The second kappa shape index (κ2) is 11.6. The van der Waals surface area contributed by atoms with Crippen molar-refractivity contribution >= 4 is 32.9 Å². The van der Waals surface area contributed by atoms with E-state index >= 15 is 4.79 Å². The molecule has 2 amide bonds. The van der Waals surface area contributed by atoms with Crippen molar-refractivity contribution in [2.45, 2.75) is 69.0 Å². The number of amides is 2. The van der Waals surface area contributed by atoms with Crippen molar-refractivity contribution in [3.8, 4) is 17.0 Å². The van der Waals surface area contributed by atoms with Gasteiger partial charge in [-0.1, -0.05) is 25.3 Å². The molecule has 3 aromatic rings. The van der Waals surface area contributed by atoms with Gasteiger partial charge < -0.3 is 23.8 Å². The van der Waals surface area contributed by atoms with E-state index in [1.807, 2.05) is 18.2 Å². The van der Waals surface area contributed by atoms with Crippen LogP contribution >= 0.6 is 0 Å². The molecule has 1 aromatic heterocycles. The number of carbonyl (C=O) groups is 2. The Kier molecular flexibility index (Phi) is 7.66. The van der Waals surface area contributed by atoms with Crippen LogP contribution in [0.2, 0.25) is 0 Å². The first-order valence-corrected chi connectivity index (χ1v) is 18.6. The topological polar surface area (TPSA) is 113 Å². The lowest BCUT2D eigenvalue weighted by atomic mass is 9.81. The van der Waals surface area contributed by atoms with Crippen LogP contribution < -0.4 is 9.46 Å². The van der Waals surface area contributed by atoms with Gasteiger partial charge >= 0.3 is 10.2 Å². The highest BCUT2D eigenvalue weighted by molar-refractivity contribution is 7.87. The van der Waals surface area contributed by atoms with Crippen molar-refractivity contribution in [3.05, 3.63) is 53.1 Å². The summed E-state index contributed by atoms with van der Waals surface area (Å²) in [6.07, 6.45) is 6.44. The number of hydrogen-bond donors (Lipinski definition) is 1. The molecule has 1 N–H and O–H groups in total. The molecule has 5 aliphatic rings. The third-order valence-corrected chi connectivity index (χ3v) is 13.0. The average molecular weight is 676 g/mol. The number of benzene rings is 2. The standard InChI is InChI=1S/C36H45N5O6S/c1-38(2)48(44,45)37-34(42)23-10-12-28-31(14-23)40-21-36(35(43)41-24-17-39(3)18-25(41)20-47-19-24)16-30(36)29-15-26(46-4)11-13-27(29)33(40)32(28)22-8-6-5-7-9-22/h10-15,22,24-25,30H,5-9,16-21H2,1-4H3,(H,37,42). The Hall–Kier alpha value is -3.45. The number of hydrogen-bond acceptors (Lipinski definition) is 7. The van der Waals surface area contributed by atoms with Crippen LogP contribution in [0.5, 0.6) is 5.75 Å². The molecular weight excluding hydrogens is 630 g/mol. The maximum absolute atomic E-state index is 15.1.